The molecule has 0 aliphatic carbocycles. The van der Waals surface area contributed by atoms with Crippen LogP contribution >= 0.6 is 0 Å². The molecule has 0 amide bonds. The van der Waals surface area contributed by atoms with E-state index in [2.05, 4.69) is 141 Å². The van der Waals surface area contributed by atoms with Crippen LogP contribution in [0.4, 0.5) is 5.69 Å². The van der Waals surface area contributed by atoms with Crippen molar-refractivity contribution in [3.8, 4) is 45.3 Å². The molecule has 0 aliphatic rings. The molecule has 0 saturated heterocycles. The first-order valence-corrected chi connectivity index (χ1v) is 17.3. The van der Waals surface area contributed by atoms with Crippen molar-refractivity contribution in [2.24, 2.45) is 0 Å². The van der Waals surface area contributed by atoms with Gasteiger partial charge in [0.25, 0.3) is 0 Å². The molecular formula is C47H33N5. The monoisotopic (exact) mass is 667 g/mol. The van der Waals surface area contributed by atoms with Crippen LogP contribution in [-0.4, -0.2) is 19.1 Å². The lowest BCUT2D eigenvalue weighted by molar-refractivity contribution is 0.996. The van der Waals surface area contributed by atoms with Gasteiger partial charge in [0, 0.05) is 35.6 Å². The summed E-state index contributed by atoms with van der Waals surface area (Å²) in [5, 5.41) is 4.70. The van der Waals surface area contributed by atoms with E-state index in [9.17, 15) is 0 Å². The van der Waals surface area contributed by atoms with Crippen molar-refractivity contribution in [1.29, 1.82) is 0 Å². The Hall–Kier alpha value is -7.29. The van der Waals surface area contributed by atoms with Crippen LogP contribution in [0.15, 0.2) is 176 Å². The maximum atomic E-state index is 7.62. The molecule has 0 aliphatic heterocycles. The predicted octanol–water partition coefficient (Wildman–Crippen LogP) is 12.7. The van der Waals surface area contributed by atoms with Crippen molar-refractivity contribution in [1.82, 2.24) is 19.1 Å². The lowest BCUT2D eigenvalue weighted by Gasteiger charge is -2.12. The Bertz CT molecular complexity index is 3030. The minimum Gasteiger partial charge on any atom is -0.309 e. The van der Waals surface area contributed by atoms with Crippen LogP contribution < -0.4 is 0 Å². The molecule has 0 spiro atoms. The fraction of sp³-hybridized carbons (Fsp3) is 0. The van der Waals surface area contributed by atoms with Gasteiger partial charge in [0.15, 0.2) is 5.69 Å². The van der Waals surface area contributed by atoms with Gasteiger partial charge in [-0.05, 0) is 71.3 Å². The SMILES string of the molecule is [C-]#[N+]c1cccc(-c2cc(-c3ccccc3)nc(-n3c4ccccc4c4ccc(-c5ccc6c(c5)c5ccccc5n6-c5ccccc5)cc43)n2)c1.[HH].[HH]. The Kier molecular flexibility index (Phi) is 6.80. The summed E-state index contributed by atoms with van der Waals surface area (Å²) in [7, 11) is 0. The Morgan fingerprint density at radius 1 is 0.404 bits per heavy atom. The highest BCUT2D eigenvalue weighted by Crippen LogP contribution is 2.38. The Balaban J connectivity index is 0.00000207. The third kappa shape index (κ3) is 4.78. The summed E-state index contributed by atoms with van der Waals surface area (Å²) >= 11 is 0. The van der Waals surface area contributed by atoms with Crippen LogP contribution in [0, 0.1) is 6.57 Å². The van der Waals surface area contributed by atoms with E-state index in [4.69, 9.17) is 16.5 Å². The van der Waals surface area contributed by atoms with E-state index in [0.717, 1.165) is 61.1 Å². The molecule has 0 atom stereocenters. The molecule has 7 aromatic carbocycles. The number of benzene rings is 7. The summed E-state index contributed by atoms with van der Waals surface area (Å²) in [6, 6.07) is 61.0. The average Bonchev–Trinajstić information content (AvgIpc) is 3.73. The van der Waals surface area contributed by atoms with E-state index >= 15 is 0 Å². The zero-order valence-electron chi connectivity index (χ0n) is 28.0. The first kappa shape index (κ1) is 29.6. The molecule has 0 radical (unpaired) electrons. The molecule has 246 valence electrons. The first-order valence-electron chi connectivity index (χ1n) is 17.3. The van der Waals surface area contributed by atoms with Gasteiger partial charge in [0.05, 0.1) is 40.0 Å². The number of hydrogen-bond donors (Lipinski definition) is 0. The van der Waals surface area contributed by atoms with Crippen molar-refractivity contribution in [3.63, 3.8) is 0 Å². The van der Waals surface area contributed by atoms with Gasteiger partial charge in [-0.2, -0.15) is 0 Å². The van der Waals surface area contributed by atoms with Crippen LogP contribution in [0.2, 0.25) is 0 Å². The first-order chi connectivity index (χ1) is 25.7. The maximum absolute atomic E-state index is 7.62. The van der Waals surface area contributed by atoms with Crippen LogP contribution in [0.5, 0.6) is 0 Å². The van der Waals surface area contributed by atoms with Crippen molar-refractivity contribution >= 4 is 49.3 Å². The molecule has 0 unspecified atom stereocenters. The second kappa shape index (κ2) is 11.9. The Labute approximate surface area is 303 Å². The minimum atomic E-state index is 0. The summed E-state index contributed by atoms with van der Waals surface area (Å²) in [6.45, 7) is 7.62. The number of rotatable bonds is 5. The van der Waals surface area contributed by atoms with Crippen molar-refractivity contribution < 1.29 is 2.85 Å². The summed E-state index contributed by atoms with van der Waals surface area (Å²) in [5.41, 5.74) is 11.8. The van der Waals surface area contributed by atoms with E-state index in [1.807, 2.05) is 48.5 Å². The van der Waals surface area contributed by atoms with Crippen molar-refractivity contribution in [3.05, 3.63) is 187 Å². The number of para-hydroxylation sites is 3. The number of aromatic nitrogens is 4. The maximum Gasteiger partial charge on any atom is 0.235 e. The zero-order chi connectivity index (χ0) is 34.6. The highest BCUT2D eigenvalue weighted by molar-refractivity contribution is 6.12. The van der Waals surface area contributed by atoms with Gasteiger partial charge in [0.2, 0.25) is 5.95 Å². The second-order valence-corrected chi connectivity index (χ2v) is 13.0. The van der Waals surface area contributed by atoms with E-state index < -0.39 is 0 Å². The predicted molar refractivity (Wildman–Crippen MR) is 218 cm³/mol. The summed E-state index contributed by atoms with van der Waals surface area (Å²) < 4.78 is 4.53. The lowest BCUT2D eigenvalue weighted by atomic mass is 10.0. The molecule has 0 bridgehead atoms. The van der Waals surface area contributed by atoms with Gasteiger partial charge < -0.3 is 4.57 Å². The fourth-order valence-electron chi connectivity index (χ4n) is 7.55. The Morgan fingerprint density at radius 3 is 1.75 bits per heavy atom. The molecule has 0 fully saturated rings. The zero-order valence-corrected chi connectivity index (χ0v) is 28.0. The van der Waals surface area contributed by atoms with E-state index in [1.54, 1.807) is 0 Å². The topological polar surface area (TPSA) is 40.0 Å². The largest absolute Gasteiger partial charge is 0.309 e. The second-order valence-electron chi connectivity index (χ2n) is 13.0. The van der Waals surface area contributed by atoms with Crippen molar-refractivity contribution in [2.45, 2.75) is 0 Å². The van der Waals surface area contributed by atoms with E-state index in [1.165, 1.54) is 21.8 Å². The van der Waals surface area contributed by atoms with Gasteiger partial charge >= 0.3 is 0 Å². The minimum absolute atomic E-state index is 0. The van der Waals surface area contributed by atoms with Crippen LogP contribution in [0.1, 0.15) is 2.85 Å². The van der Waals surface area contributed by atoms with E-state index in [0.29, 0.717) is 11.6 Å². The number of fused-ring (bicyclic) bond motifs is 6. The van der Waals surface area contributed by atoms with Crippen molar-refractivity contribution in [2.75, 3.05) is 0 Å². The highest BCUT2D eigenvalue weighted by atomic mass is 15.2. The standard InChI is InChI=1S/C47H29N5.2H2/c1-48-35-16-12-15-34(27-35)42-30-41(31-13-4-2-5-14-31)49-47(50-42)52-44-22-11-8-19-37(44)39-25-23-33(29-46(39)52)32-24-26-45-40(28-32)38-20-9-10-21-43(38)51(45)36-17-6-3-7-18-36;;/h2-30H;2*1H. The van der Waals surface area contributed by atoms with Gasteiger partial charge in [-0.1, -0.05) is 121 Å². The molecule has 0 N–H and O–H groups in total. The smallest absolute Gasteiger partial charge is 0.235 e. The van der Waals surface area contributed by atoms with Crippen LogP contribution in [0.3, 0.4) is 0 Å². The lowest BCUT2D eigenvalue weighted by Crippen LogP contribution is -2.04. The summed E-state index contributed by atoms with van der Waals surface area (Å²) in [5.74, 6) is 0.578. The highest BCUT2D eigenvalue weighted by Gasteiger charge is 2.19. The van der Waals surface area contributed by atoms with Crippen LogP contribution in [0.25, 0.3) is 93.7 Å². The average molecular weight is 668 g/mol. The molecule has 5 nitrogen and oxygen atoms in total. The van der Waals surface area contributed by atoms with Crippen LogP contribution in [-0.2, 0) is 0 Å². The molecule has 3 heterocycles. The van der Waals surface area contributed by atoms with Gasteiger partial charge in [-0.25, -0.2) is 14.8 Å². The van der Waals surface area contributed by atoms with Gasteiger partial charge in [-0.15, -0.1) is 0 Å². The molecule has 52 heavy (non-hydrogen) atoms. The third-order valence-electron chi connectivity index (χ3n) is 9.95. The fourth-order valence-corrected chi connectivity index (χ4v) is 7.55. The quantitative estimate of drug-likeness (QED) is 0.171. The summed E-state index contributed by atoms with van der Waals surface area (Å²) in [6.07, 6.45) is 0. The molecular weight excluding hydrogens is 635 g/mol. The van der Waals surface area contributed by atoms with Gasteiger partial charge in [0.1, 0.15) is 0 Å². The molecule has 10 rings (SSSR count). The van der Waals surface area contributed by atoms with Gasteiger partial charge in [-0.3, -0.25) is 4.57 Å². The third-order valence-corrected chi connectivity index (χ3v) is 9.95. The molecule has 0 saturated carbocycles. The van der Waals surface area contributed by atoms with E-state index in [-0.39, 0.29) is 2.85 Å². The normalized spacial score (nSPS) is 11.4. The Morgan fingerprint density at radius 2 is 0.981 bits per heavy atom. The number of nitrogens with zero attached hydrogens (tertiary/aromatic N) is 5. The summed E-state index contributed by atoms with van der Waals surface area (Å²) in [4.78, 5) is 14.1. The molecule has 5 heteroatoms. The molecule has 10 aromatic rings. The number of hydrogen-bond acceptors (Lipinski definition) is 2. The molecule has 3 aromatic heterocycles.